The predicted molar refractivity (Wildman–Crippen MR) is 350 cm³/mol. The van der Waals surface area contributed by atoms with Crippen molar-refractivity contribution < 1.29 is 62.6 Å². The maximum Gasteiger partial charge on any atom is 0.246 e. The molecule has 0 aromatic carbocycles. The summed E-state index contributed by atoms with van der Waals surface area (Å²) in [7, 11) is 8.52. The van der Waals surface area contributed by atoms with Crippen molar-refractivity contribution in [2.24, 2.45) is 41.4 Å². The van der Waals surface area contributed by atoms with E-state index in [4.69, 9.17) is 4.74 Å². The van der Waals surface area contributed by atoms with Gasteiger partial charge in [-0.2, -0.15) is 0 Å². The number of carbonyl (C=O) groups is 11. The first-order chi connectivity index (χ1) is 42.3. The van der Waals surface area contributed by atoms with E-state index in [9.17, 15) is 43.5 Å². The van der Waals surface area contributed by atoms with Gasteiger partial charge in [0.25, 0.3) is 0 Å². The number of carbonyl (C=O) groups excluding carboxylic acids is 11. The molecule has 2 aliphatic rings. The minimum absolute atomic E-state index is 0.00455. The molecule has 25 nitrogen and oxygen atoms in total. The summed E-state index contributed by atoms with van der Waals surface area (Å²) in [4.78, 5) is 172. The van der Waals surface area contributed by atoms with Crippen LogP contribution in [0.1, 0.15) is 156 Å². The summed E-state index contributed by atoms with van der Waals surface area (Å²) in [5.74, 6) is -10.4. The first-order valence-electron chi connectivity index (χ1n) is 33.0. The lowest BCUT2D eigenvalue weighted by Gasteiger charge is -2.41. The molecule has 2 heterocycles. The number of hydrogen-bond acceptors (Lipinski definition) is 14. The lowest BCUT2D eigenvalue weighted by atomic mass is 9.91. The molecule has 0 aliphatic carbocycles. The van der Waals surface area contributed by atoms with Crippen LogP contribution in [0.2, 0.25) is 0 Å². The zero-order valence-electron chi connectivity index (χ0n) is 59.4. The van der Waals surface area contributed by atoms with Crippen LogP contribution < -0.4 is 26.6 Å². The molecule has 0 saturated carbocycles. The molecule has 14 atom stereocenters. The number of nitrogens with one attached hydrogen (secondary N) is 5. The van der Waals surface area contributed by atoms with E-state index in [2.05, 4.69) is 31.5 Å². The minimum Gasteiger partial charge on any atom is -0.390 e. The number of ether oxygens (including phenoxy) is 1. The monoisotopic (exact) mass is 1290 g/mol. The van der Waals surface area contributed by atoms with Crippen LogP contribution in [0.4, 0.5) is 0 Å². The summed E-state index contributed by atoms with van der Waals surface area (Å²) in [6.07, 6.45) is 3.25. The number of hydrogen-bond donors (Lipinski definition) is 6. The predicted octanol–water partition coefficient (Wildman–Crippen LogP) is 2.63. The van der Waals surface area contributed by atoms with Gasteiger partial charge in [-0.15, -0.1) is 0 Å². The maximum absolute atomic E-state index is 15.2. The van der Waals surface area contributed by atoms with Gasteiger partial charge in [0.2, 0.25) is 65.0 Å². The fourth-order valence-electron chi connectivity index (χ4n) is 11.7. The van der Waals surface area contributed by atoms with Crippen LogP contribution in [-0.2, 0) is 57.5 Å². The van der Waals surface area contributed by atoms with Gasteiger partial charge in [0.05, 0.1) is 19.3 Å². The van der Waals surface area contributed by atoms with Crippen molar-refractivity contribution in [3.8, 4) is 0 Å². The van der Waals surface area contributed by atoms with Crippen molar-refractivity contribution in [3.63, 3.8) is 0 Å². The molecule has 0 spiro atoms. The average Bonchev–Trinajstić information content (AvgIpc) is 1.34. The molecule has 2 saturated heterocycles. The highest BCUT2D eigenvalue weighted by molar-refractivity contribution is 6.00. The number of nitrogens with zero attached hydrogens (tertiary/aromatic N) is 7. The van der Waals surface area contributed by atoms with E-state index < -0.39 is 161 Å². The number of rotatable bonds is 17. The van der Waals surface area contributed by atoms with Crippen LogP contribution in [0.5, 0.6) is 0 Å². The number of aliphatic hydroxyl groups excluding tert-OH is 1. The average molecular weight is 1290 g/mol. The van der Waals surface area contributed by atoms with Gasteiger partial charge in [-0.1, -0.05) is 102 Å². The van der Waals surface area contributed by atoms with Crippen molar-refractivity contribution in [2.45, 2.75) is 229 Å². The van der Waals surface area contributed by atoms with Gasteiger partial charge in [-0.25, -0.2) is 0 Å². The molecule has 520 valence electrons. The van der Waals surface area contributed by atoms with E-state index >= 15 is 14.4 Å². The van der Waals surface area contributed by atoms with E-state index in [-0.39, 0.29) is 43.4 Å². The van der Waals surface area contributed by atoms with Gasteiger partial charge in [-0.05, 0) is 114 Å². The van der Waals surface area contributed by atoms with Crippen LogP contribution in [0, 0.1) is 41.4 Å². The minimum atomic E-state index is -1.63. The molecule has 0 aromatic heterocycles. The number of aliphatic hydroxyl groups is 1. The van der Waals surface area contributed by atoms with Crippen molar-refractivity contribution in [2.75, 3.05) is 75.1 Å². The van der Waals surface area contributed by atoms with Crippen LogP contribution in [-0.4, -0.2) is 252 Å². The van der Waals surface area contributed by atoms with Crippen LogP contribution in [0.15, 0.2) is 12.2 Å². The Kier molecular flexibility index (Phi) is 33.3. The van der Waals surface area contributed by atoms with Crippen molar-refractivity contribution >= 4 is 65.0 Å². The summed E-state index contributed by atoms with van der Waals surface area (Å²) >= 11 is 0. The molecule has 25 heteroatoms. The highest BCUT2D eigenvalue weighted by Crippen LogP contribution is 2.26. The standard InChI is InChI=1S/C66H118N12O13/c1-24-26-27-43(14)55(79)54-60(84)69-47(25-2)62(86)72(18)46(17)57(81)71-52(42(13)28-29-78-30-32-91-33-31-78)59(83)70-51(40(9)10)65(89)73(19)48(34-37(3)4)58(82)67-44(15)56(80)68-45(16)61(85)74(20)49(35-38(5)6)63(87)75(21)50(36-39(7)8)64(88)76(22)53(41(11)12)66(90)77(54)23/h24,26,37-55,79H,25,27-36H2,1-23H3,(H,67,82)(H,68,80)(H,69,84)(H,70,83)(H,71,81)/b26-24+/t42-,43-,44+,45-,46-,47+,48+,49+,50+,51+,52+,53+,54+,55-/m1/s1. The van der Waals surface area contributed by atoms with Gasteiger partial charge in [0, 0.05) is 55.4 Å². The van der Waals surface area contributed by atoms with E-state index in [0.717, 1.165) is 9.80 Å². The molecule has 0 unspecified atom stereocenters. The SMILES string of the molecule is C/C=C/C[C@@H](C)[C@@H](O)[C@H]1C(=O)N[C@@H](CC)C(=O)N(C)[C@H](C)C(=O)N[C@@H]([C@H](C)CCN2CCOCC2)C(=O)N[C@@H](C(C)C)C(=O)N(C)[C@@H](CC(C)C)C(=O)N[C@@H](C)C(=O)N[C@H](C)C(=O)N(C)[C@@H](CC(C)C)C(=O)N(C)[C@@H](CC(C)C)C(=O)N(C)[C@@H](C(C)C)C(=O)N1C. The summed E-state index contributed by atoms with van der Waals surface area (Å²) in [5, 5.41) is 26.1. The first kappa shape index (κ1) is 80.9. The van der Waals surface area contributed by atoms with E-state index in [1.165, 1.54) is 82.7 Å². The number of allylic oxidation sites excluding steroid dienone is 2. The lowest BCUT2D eigenvalue weighted by molar-refractivity contribution is -0.157. The largest absolute Gasteiger partial charge is 0.390 e. The van der Waals surface area contributed by atoms with Gasteiger partial charge in [0.1, 0.15) is 66.5 Å². The highest BCUT2D eigenvalue weighted by Gasteiger charge is 2.46. The molecule has 0 radical (unpaired) electrons. The van der Waals surface area contributed by atoms with Gasteiger partial charge >= 0.3 is 0 Å². The zero-order valence-corrected chi connectivity index (χ0v) is 59.4. The number of morpholine rings is 1. The van der Waals surface area contributed by atoms with Crippen molar-refractivity contribution in [1.82, 2.24) is 60.9 Å². The third kappa shape index (κ3) is 22.8. The second kappa shape index (κ2) is 37.5. The van der Waals surface area contributed by atoms with Crippen molar-refractivity contribution in [1.29, 1.82) is 0 Å². The summed E-state index contributed by atoms with van der Waals surface area (Å²) in [6, 6.07) is -13.9. The molecular weight excluding hydrogens is 1170 g/mol. The second-order valence-corrected chi connectivity index (χ2v) is 27.6. The number of likely N-dealkylation sites (N-methyl/N-ethyl adjacent to an activating group) is 6. The molecule has 2 fully saturated rings. The fraction of sp³-hybridized carbons (Fsp3) is 0.803. The van der Waals surface area contributed by atoms with E-state index in [1.54, 1.807) is 61.5 Å². The van der Waals surface area contributed by atoms with Crippen LogP contribution in [0.3, 0.4) is 0 Å². The molecule has 11 amide bonds. The summed E-state index contributed by atoms with van der Waals surface area (Å²) < 4.78 is 5.55. The normalized spacial score (nSPS) is 28.1. The maximum atomic E-state index is 15.2. The highest BCUT2D eigenvalue weighted by atomic mass is 16.5. The Morgan fingerprint density at radius 2 is 0.967 bits per heavy atom. The smallest absolute Gasteiger partial charge is 0.246 e. The van der Waals surface area contributed by atoms with E-state index in [1.807, 2.05) is 47.6 Å². The quantitative estimate of drug-likeness (QED) is 0.114. The Balaban J connectivity index is 3.00. The molecule has 6 N–H and O–H groups in total. The Morgan fingerprint density at radius 3 is 1.46 bits per heavy atom. The summed E-state index contributed by atoms with van der Waals surface area (Å²) in [6.45, 7) is 32.4. The zero-order chi connectivity index (χ0) is 69.8. The Bertz CT molecular complexity index is 2490. The fourth-order valence-corrected chi connectivity index (χ4v) is 11.7. The van der Waals surface area contributed by atoms with Crippen molar-refractivity contribution in [3.05, 3.63) is 12.2 Å². The Hall–Kier alpha value is -6.21. The second-order valence-electron chi connectivity index (χ2n) is 27.6. The topological polar surface area (TPSA) is 300 Å². The van der Waals surface area contributed by atoms with Crippen LogP contribution in [0.25, 0.3) is 0 Å². The van der Waals surface area contributed by atoms with Gasteiger partial charge in [0.15, 0.2) is 0 Å². The molecule has 0 aromatic rings. The molecule has 0 bridgehead atoms. The third-order valence-corrected chi connectivity index (χ3v) is 17.9. The Labute approximate surface area is 544 Å². The molecule has 91 heavy (non-hydrogen) atoms. The number of amides is 11. The van der Waals surface area contributed by atoms with Gasteiger partial charge < -0.3 is 65.8 Å². The third-order valence-electron chi connectivity index (χ3n) is 17.9. The van der Waals surface area contributed by atoms with Gasteiger partial charge in [-0.3, -0.25) is 57.6 Å². The molecule has 2 aliphatic heterocycles. The lowest BCUT2D eigenvalue weighted by Crippen LogP contribution is -2.64. The van der Waals surface area contributed by atoms with Crippen LogP contribution >= 0.6 is 0 Å². The Morgan fingerprint density at radius 1 is 0.495 bits per heavy atom. The summed E-state index contributed by atoms with van der Waals surface area (Å²) in [5.41, 5.74) is 0. The van der Waals surface area contributed by atoms with E-state index in [0.29, 0.717) is 45.7 Å². The first-order valence-corrected chi connectivity index (χ1v) is 33.0. The molecular formula is C66H118N12O13. The molecule has 2 rings (SSSR count).